The minimum absolute atomic E-state index is 0.276. The van der Waals surface area contributed by atoms with Gasteiger partial charge < -0.3 is 10.2 Å². The summed E-state index contributed by atoms with van der Waals surface area (Å²) >= 11 is 0. The number of hydrogen-bond donors (Lipinski definition) is 2. The van der Waals surface area contributed by atoms with E-state index in [1.165, 1.54) is 10.7 Å². The molecule has 0 fully saturated rings. The number of nitrogens with zero attached hydrogens (tertiary/aromatic N) is 4. The molecule has 86 valence electrons. The number of fused-ring (bicyclic) bond motifs is 1. The minimum Gasteiger partial charge on any atom is -0.369 e. The van der Waals surface area contributed by atoms with E-state index < -0.39 is 0 Å². The molecule has 7 heteroatoms. The number of H-pyrrole nitrogens is 1. The fourth-order valence-electron chi connectivity index (χ4n) is 1.31. The highest BCUT2D eigenvalue weighted by Gasteiger charge is 2.01. The summed E-state index contributed by atoms with van der Waals surface area (Å²) in [5.41, 5.74) is 0.287. The average molecular weight is 222 g/mol. The molecule has 2 N–H and O–H groups in total. The zero-order chi connectivity index (χ0) is 11.5. The number of nitrogens with one attached hydrogen (secondary N) is 2. The molecule has 0 atom stereocenters. The lowest BCUT2D eigenvalue weighted by atomic mass is 10.5. The fourth-order valence-corrected chi connectivity index (χ4v) is 1.31. The summed E-state index contributed by atoms with van der Waals surface area (Å²) in [6.07, 6.45) is 1.46. The van der Waals surface area contributed by atoms with Crippen molar-refractivity contribution < 1.29 is 0 Å². The maximum absolute atomic E-state index is 11.2. The van der Waals surface area contributed by atoms with Gasteiger partial charge in [0.1, 0.15) is 12.1 Å². The Balaban J connectivity index is 2.11. The first-order valence-corrected chi connectivity index (χ1v) is 4.98. The number of aromatic nitrogens is 4. The number of likely N-dealkylation sites (N-methyl/N-ethyl adjacent to an activating group) is 1. The Morgan fingerprint density at radius 2 is 2.38 bits per heavy atom. The van der Waals surface area contributed by atoms with Crippen LogP contribution in [0, 0.1) is 0 Å². The van der Waals surface area contributed by atoms with E-state index in [2.05, 4.69) is 25.4 Å². The van der Waals surface area contributed by atoms with Crippen molar-refractivity contribution in [1.29, 1.82) is 0 Å². The molecule has 2 heterocycles. The van der Waals surface area contributed by atoms with Crippen LogP contribution in [0.3, 0.4) is 0 Å². The van der Waals surface area contributed by atoms with Gasteiger partial charge in [0.25, 0.3) is 0 Å². The number of hydrogen-bond acceptors (Lipinski definition) is 5. The molecule has 7 nitrogen and oxygen atoms in total. The maximum Gasteiger partial charge on any atom is 0.348 e. The second-order valence-corrected chi connectivity index (χ2v) is 3.76. The number of anilines is 1. The van der Waals surface area contributed by atoms with Crippen molar-refractivity contribution >= 4 is 11.5 Å². The molecule has 0 aliphatic carbocycles. The Labute approximate surface area is 92.1 Å². The van der Waals surface area contributed by atoms with Crippen LogP contribution < -0.4 is 11.0 Å². The van der Waals surface area contributed by atoms with E-state index in [1.54, 1.807) is 6.07 Å². The third-order valence-electron chi connectivity index (χ3n) is 2.17. The van der Waals surface area contributed by atoms with Gasteiger partial charge in [0.05, 0.1) is 0 Å². The molecule has 16 heavy (non-hydrogen) atoms. The summed E-state index contributed by atoms with van der Waals surface area (Å²) in [7, 11) is 4.01. The molecule has 0 bridgehead atoms. The molecule has 0 amide bonds. The number of aromatic amines is 1. The number of rotatable bonds is 4. The summed E-state index contributed by atoms with van der Waals surface area (Å²) in [5, 5.41) is 9.37. The highest BCUT2D eigenvalue weighted by atomic mass is 16.1. The van der Waals surface area contributed by atoms with Crippen LogP contribution in [0.4, 0.5) is 5.82 Å². The van der Waals surface area contributed by atoms with Crippen LogP contribution in [0.1, 0.15) is 0 Å². The first-order valence-electron chi connectivity index (χ1n) is 4.98. The predicted octanol–water partition coefficient (Wildman–Crippen LogP) is -0.609. The summed E-state index contributed by atoms with van der Waals surface area (Å²) in [4.78, 5) is 17.4. The van der Waals surface area contributed by atoms with Crippen molar-refractivity contribution in [3.05, 3.63) is 22.9 Å². The Hall–Kier alpha value is -1.89. The highest BCUT2D eigenvalue weighted by molar-refractivity contribution is 5.48. The Kier molecular flexibility index (Phi) is 2.86. The molecular weight excluding hydrogens is 208 g/mol. The summed E-state index contributed by atoms with van der Waals surface area (Å²) in [6, 6.07) is 1.73. The Bertz CT molecular complexity index is 528. The van der Waals surface area contributed by atoms with Gasteiger partial charge in [0, 0.05) is 19.2 Å². The average Bonchev–Trinajstić information content (AvgIpc) is 2.60. The molecule has 0 radical (unpaired) electrons. The van der Waals surface area contributed by atoms with Gasteiger partial charge in [-0.3, -0.25) is 0 Å². The molecule has 0 unspecified atom stereocenters. The molecule has 2 aromatic heterocycles. The minimum atomic E-state index is -0.276. The van der Waals surface area contributed by atoms with Gasteiger partial charge in [-0.2, -0.15) is 5.10 Å². The molecular formula is C9H14N6O. The first-order chi connectivity index (χ1) is 7.66. The van der Waals surface area contributed by atoms with Gasteiger partial charge in [-0.1, -0.05) is 0 Å². The van der Waals surface area contributed by atoms with Gasteiger partial charge in [-0.15, -0.1) is 0 Å². The SMILES string of the molecule is CN(C)CCNc1cc2n[nH]c(=O)n2cn1. The predicted molar refractivity (Wildman–Crippen MR) is 60.7 cm³/mol. The lowest BCUT2D eigenvalue weighted by Crippen LogP contribution is -2.21. The van der Waals surface area contributed by atoms with Crippen LogP contribution in [0.25, 0.3) is 5.65 Å². The van der Waals surface area contributed by atoms with Crippen molar-refractivity contribution in [1.82, 2.24) is 24.5 Å². The van der Waals surface area contributed by atoms with Gasteiger partial charge in [0.2, 0.25) is 0 Å². The second-order valence-electron chi connectivity index (χ2n) is 3.76. The summed E-state index contributed by atoms with van der Waals surface area (Å²) in [6.45, 7) is 1.71. The van der Waals surface area contributed by atoms with E-state index >= 15 is 0 Å². The Morgan fingerprint density at radius 1 is 1.56 bits per heavy atom. The maximum atomic E-state index is 11.2. The second kappa shape index (κ2) is 4.31. The highest BCUT2D eigenvalue weighted by Crippen LogP contribution is 2.03. The third kappa shape index (κ3) is 2.19. The summed E-state index contributed by atoms with van der Waals surface area (Å²) in [5.74, 6) is 0.716. The topological polar surface area (TPSA) is 78.3 Å². The lowest BCUT2D eigenvalue weighted by molar-refractivity contribution is 0.425. The van der Waals surface area contributed by atoms with Crippen LogP contribution in [-0.4, -0.2) is 51.7 Å². The first kappa shape index (κ1) is 10.6. The molecule has 0 aromatic carbocycles. The molecule has 0 spiro atoms. The van der Waals surface area contributed by atoms with E-state index in [1.807, 2.05) is 14.1 Å². The zero-order valence-corrected chi connectivity index (χ0v) is 9.27. The fraction of sp³-hybridized carbons (Fsp3) is 0.444. The van der Waals surface area contributed by atoms with Crippen molar-refractivity contribution in [2.75, 3.05) is 32.5 Å². The molecule has 0 saturated carbocycles. The molecule has 0 saturated heterocycles. The smallest absolute Gasteiger partial charge is 0.348 e. The van der Waals surface area contributed by atoms with E-state index in [-0.39, 0.29) is 5.69 Å². The van der Waals surface area contributed by atoms with Crippen LogP contribution in [-0.2, 0) is 0 Å². The van der Waals surface area contributed by atoms with Crippen molar-refractivity contribution in [2.24, 2.45) is 0 Å². The van der Waals surface area contributed by atoms with Gasteiger partial charge in [-0.25, -0.2) is 19.3 Å². The third-order valence-corrected chi connectivity index (χ3v) is 2.17. The van der Waals surface area contributed by atoms with Gasteiger partial charge in [0.15, 0.2) is 5.65 Å². The van der Waals surface area contributed by atoms with E-state index in [0.717, 1.165) is 13.1 Å². The molecule has 0 aliphatic rings. The largest absolute Gasteiger partial charge is 0.369 e. The molecule has 2 aromatic rings. The lowest BCUT2D eigenvalue weighted by Gasteiger charge is -2.10. The van der Waals surface area contributed by atoms with Crippen LogP contribution in [0.5, 0.6) is 0 Å². The van der Waals surface area contributed by atoms with Crippen LogP contribution >= 0.6 is 0 Å². The Morgan fingerprint density at radius 3 is 3.12 bits per heavy atom. The van der Waals surface area contributed by atoms with Crippen LogP contribution in [0.2, 0.25) is 0 Å². The monoisotopic (exact) mass is 222 g/mol. The van der Waals surface area contributed by atoms with E-state index in [0.29, 0.717) is 11.5 Å². The van der Waals surface area contributed by atoms with Crippen molar-refractivity contribution in [3.8, 4) is 0 Å². The van der Waals surface area contributed by atoms with E-state index in [4.69, 9.17) is 0 Å². The quantitative estimate of drug-likeness (QED) is 0.721. The van der Waals surface area contributed by atoms with Crippen molar-refractivity contribution in [2.45, 2.75) is 0 Å². The van der Waals surface area contributed by atoms with Crippen molar-refractivity contribution in [3.63, 3.8) is 0 Å². The molecule has 2 rings (SSSR count). The van der Waals surface area contributed by atoms with Crippen LogP contribution in [0.15, 0.2) is 17.2 Å². The van der Waals surface area contributed by atoms with E-state index in [9.17, 15) is 4.79 Å². The molecule has 0 aliphatic heterocycles. The summed E-state index contributed by atoms with van der Waals surface area (Å²) < 4.78 is 1.36. The standard InChI is InChI=1S/C9H14N6O/c1-14(2)4-3-10-7-5-8-12-13-9(16)15(8)6-11-7/h5-6,10H,3-4H2,1-2H3,(H,13,16). The zero-order valence-electron chi connectivity index (χ0n) is 9.27. The van der Waals surface area contributed by atoms with Gasteiger partial charge in [-0.05, 0) is 14.1 Å². The normalized spacial score (nSPS) is 11.2. The van der Waals surface area contributed by atoms with Gasteiger partial charge >= 0.3 is 5.69 Å².